The first-order valence-corrected chi connectivity index (χ1v) is 4.13. The molecule has 0 aliphatic carbocycles. The van der Waals surface area contributed by atoms with E-state index < -0.39 is 12.0 Å². The molecule has 3 heteroatoms. The van der Waals surface area contributed by atoms with E-state index in [4.69, 9.17) is 0 Å². The minimum atomic E-state index is -1.13. The maximum Gasteiger partial charge on any atom is 0.150 e. The minimum absolute atomic E-state index is 0.727. The molecule has 0 bridgehead atoms. The van der Waals surface area contributed by atoms with Gasteiger partial charge in [0.1, 0.15) is 5.97 Å². The van der Waals surface area contributed by atoms with Crippen LogP contribution in [0.1, 0.15) is 22.7 Å². The van der Waals surface area contributed by atoms with Gasteiger partial charge < -0.3 is 15.6 Å². The Hall–Kier alpha value is -1.35. The maximum absolute atomic E-state index is 10.6. The Morgan fingerprint density at radius 2 is 2.08 bits per heavy atom. The van der Waals surface area contributed by atoms with Crippen molar-refractivity contribution in [2.75, 3.05) is 0 Å². The van der Waals surface area contributed by atoms with Gasteiger partial charge in [-0.05, 0) is 19.4 Å². The first-order valence-electron chi connectivity index (χ1n) is 4.13. The number of aryl methyl sites for hydroxylation is 2. The van der Waals surface area contributed by atoms with Gasteiger partial charge in [-0.15, -0.1) is 0 Å². The van der Waals surface area contributed by atoms with Crippen LogP contribution < -0.4 is 10.8 Å². The molecule has 1 aromatic rings. The Bertz CT molecular complexity index is 334. The molecule has 0 heterocycles. The van der Waals surface area contributed by atoms with Gasteiger partial charge in [0.15, 0.2) is 6.04 Å². The van der Waals surface area contributed by atoms with Gasteiger partial charge in [-0.1, -0.05) is 23.8 Å². The van der Waals surface area contributed by atoms with Crippen LogP contribution in [0.3, 0.4) is 0 Å². The molecular weight excluding hydrogens is 166 g/mol. The number of hydrogen-bond donors (Lipinski definition) is 1. The first-order chi connectivity index (χ1) is 6.02. The number of benzene rings is 1. The summed E-state index contributed by atoms with van der Waals surface area (Å²) in [5.41, 5.74) is 6.33. The summed E-state index contributed by atoms with van der Waals surface area (Å²) in [6.07, 6.45) is 0. The quantitative estimate of drug-likeness (QED) is 0.654. The number of carboxylic acid groups (broad SMARTS) is 1. The predicted molar refractivity (Wildman–Crippen MR) is 46.6 cm³/mol. The van der Waals surface area contributed by atoms with E-state index in [0.717, 1.165) is 16.7 Å². The fraction of sp³-hybridized carbons (Fsp3) is 0.300. The van der Waals surface area contributed by atoms with Gasteiger partial charge in [0.25, 0.3) is 0 Å². The molecule has 0 unspecified atom stereocenters. The Labute approximate surface area is 77.2 Å². The largest absolute Gasteiger partial charge is 0.544 e. The van der Waals surface area contributed by atoms with Gasteiger partial charge in [-0.3, -0.25) is 0 Å². The normalized spacial score (nSPS) is 12.5. The van der Waals surface area contributed by atoms with Crippen LogP contribution in [-0.4, -0.2) is 5.97 Å². The van der Waals surface area contributed by atoms with Gasteiger partial charge in [-0.25, -0.2) is 0 Å². The molecule has 0 amide bonds. The zero-order valence-corrected chi connectivity index (χ0v) is 7.83. The van der Waals surface area contributed by atoms with E-state index >= 15 is 0 Å². The first kappa shape index (κ1) is 9.74. The Morgan fingerprint density at radius 1 is 1.46 bits per heavy atom. The molecule has 0 saturated heterocycles. The number of quaternary nitrogens is 1. The molecule has 0 aliphatic rings. The molecular formula is C10H13NO2. The molecule has 0 radical (unpaired) electrons. The molecule has 3 nitrogen and oxygen atoms in total. The van der Waals surface area contributed by atoms with E-state index in [1.54, 1.807) is 6.07 Å². The van der Waals surface area contributed by atoms with Crippen molar-refractivity contribution in [3.05, 3.63) is 34.9 Å². The number of carbonyl (C=O) groups is 1. The van der Waals surface area contributed by atoms with Crippen molar-refractivity contribution < 1.29 is 15.6 Å². The second-order valence-electron chi connectivity index (χ2n) is 3.23. The van der Waals surface area contributed by atoms with Crippen LogP contribution in [-0.2, 0) is 4.79 Å². The summed E-state index contributed by atoms with van der Waals surface area (Å²) in [5.74, 6) is -1.13. The third-order valence-electron chi connectivity index (χ3n) is 2.09. The average Bonchev–Trinajstić information content (AvgIpc) is 2.03. The zero-order chi connectivity index (χ0) is 10.0. The van der Waals surface area contributed by atoms with Crippen LogP contribution in [0.15, 0.2) is 18.2 Å². The minimum Gasteiger partial charge on any atom is -0.544 e. The molecule has 0 spiro atoms. The van der Waals surface area contributed by atoms with Crippen molar-refractivity contribution in [1.82, 2.24) is 0 Å². The number of rotatable bonds is 2. The smallest absolute Gasteiger partial charge is 0.150 e. The standard InChI is InChI=1S/C10H13NO2/c1-6-3-4-8(7(2)5-6)9(11)10(12)13/h3-5,9H,11H2,1-2H3,(H,12,13)/t9-/m0/s1. The summed E-state index contributed by atoms with van der Waals surface area (Å²) in [4.78, 5) is 10.6. The average molecular weight is 179 g/mol. The van der Waals surface area contributed by atoms with Crippen molar-refractivity contribution >= 4 is 5.97 Å². The van der Waals surface area contributed by atoms with E-state index in [0.29, 0.717) is 0 Å². The van der Waals surface area contributed by atoms with Gasteiger partial charge >= 0.3 is 0 Å². The zero-order valence-electron chi connectivity index (χ0n) is 7.83. The summed E-state index contributed by atoms with van der Waals surface area (Å²) in [6, 6.07) is 4.83. The highest BCUT2D eigenvalue weighted by Gasteiger charge is 2.12. The van der Waals surface area contributed by atoms with Crippen LogP contribution in [0.4, 0.5) is 0 Å². The molecule has 3 N–H and O–H groups in total. The van der Waals surface area contributed by atoms with Crippen LogP contribution in [0.25, 0.3) is 0 Å². The highest BCUT2D eigenvalue weighted by molar-refractivity contribution is 5.72. The SMILES string of the molecule is Cc1ccc([C@H]([NH3+])C(=O)[O-])c(C)c1. The van der Waals surface area contributed by atoms with Crippen LogP contribution in [0, 0.1) is 13.8 Å². The fourth-order valence-electron chi connectivity index (χ4n) is 1.34. The summed E-state index contributed by atoms with van der Waals surface area (Å²) in [6.45, 7) is 3.84. The van der Waals surface area contributed by atoms with E-state index in [9.17, 15) is 9.90 Å². The van der Waals surface area contributed by atoms with Gasteiger partial charge in [0.2, 0.25) is 0 Å². The molecule has 1 aromatic carbocycles. The number of aliphatic carboxylic acids is 1. The highest BCUT2D eigenvalue weighted by atomic mass is 16.4. The Balaban J connectivity index is 3.08. The highest BCUT2D eigenvalue weighted by Crippen LogP contribution is 2.15. The van der Waals surface area contributed by atoms with E-state index in [1.165, 1.54) is 0 Å². The number of carbonyl (C=O) groups excluding carboxylic acids is 1. The molecule has 70 valence electrons. The molecule has 1 rings (SSSR count). The molecule has 0 fully saturated rings. The van der Waals surface area contributed by atoms with Crippen molar-refractivity contribution in [2.24, 2.45) is 0 Å². The number of hydrogen-bond acceptors (Lipinski definition) is 2. The summed E-state index contributed by atoms with van der Waals surface area (Å²) in [7, 11) is 0. The van der Waals surface area contributed by atoms with E-state index in [2.05, 4.69) is 5.73 Å². The summed E-state index contributed by atoms with van der Waals surface area (Å²) < 4.78 is 0. The second kappa shape index (κ2) is 3.58. The lowest BCUT2D eigenvalue weighted by molar-refractivity contribution is -0.443. The van der Waals surface area contributed by atoms with E-state index in [1.807, 2.05) is 26.0 Å². The van der Waals surface area contributed by atoms with Crippen molar-refractivity contribution in [1.29, 1.82) is 0 Å². The monoisotopic (exact) mass is 179 g/mol. The fourth-order valence-corrected chi connectivity index (χ4v) is 1.34. The summed E-state index contributed by atoms with van der Waals surface area (Å²) >= 11 is 0. The molecule has 13 heavy (non-hydrogen) atoms. The molecule has 0 aliphatic heterocycles. The second-order valence-corrected chi connectivity index (χ2v) is 3.23. The topological polar surface area (TPSA) is 67.8 Å². The lowest BCUT2D eigenvalue weighted by Crippen LogP contribution is -2.61. The molecule has 0 aromatic heterocycles. The summed E-state index contributed by atoms with van der Waals surface area (Å²) in [5, 5.41) is 10.6. The van der Waals surface area contributed by atoms with Gasteiger partial charge in [0, 0.05) is 5.56 Å². The lowest BCUT2D eigenvalue weighted by Gasteiger charge is -2.12. The predicted octanol–water partition coefficient (Wildman–Crippen LogP) is -0.664. The van der Waals surface area contributed by atoms with Crippen molar-refractivity contribution in [3.8, 4) is 0 Å². The van der Waals surface area contributed by atoms with E-state index in [-0.39, 0.29) is 0 Å². The lowest BCUT2D eigenvalue weighted by atomic mass is 10.00. The Morgan fingerprint density at radius 3 is 2.54 bits per heavy atom. The van der Waals surface area contributed by atoms with Crippen LogP contribution in [0.5, 0.6) is 0 Å². The molecule has 0 saturated carbocycles. The van der Waals surface area contributed by atoms with Crippen molar-refractivity contribution in [2.45, 2.75) is 19.9 Å². The van der Waals surface area contributed by atoms with Gasteiger partial charge in [0.05, 0.1) is 0 Å². The van der Waals surface area contributed by atoms with Crippen molar-refractivity contribution in [3.63, 3.8) is 0 Å². The number of carboxylic acids is 1. The third-order valence-corrected chi connectivity index (χ3v) is 2.09. The van der Waals surface area contributed by atoms with Crippen LogP contribution >= 0.6 is 0 Å². The maximum atomic E-state index is 10.6. The Kier molecular flexibility index (Phi) is 2.68. The molecule has 1 atom stereocenters. The van der Waals surface area contributed by atoms with Gasteiger partial charge in [-0.2, -0.15) is 0 Å². The van der Waals surface area contributed by atoms with Crippen LogP contribution in [0.2, 0.25) is 0 Å². The third kappa shape index (κ3) is 2.06.